The largest absolute Gasteiger partial charge is 0.352 e. The van der Waals surface area contributed by atoms with Crippen LogP contribution in [-0.4, -0.2) is 40.7 Å². The van der Waals surface area contributed by atoms with Crippen LogP contribution in [0.1, 0.15) is 51.4 Å². The number of hydrogen-bond acceptors (Lipinski definition) is 4. The minimum absolute atomic E-state index is 0.0104. The molecule has 2 atom stereocenters. The molecule has 0 unspecified atom stereocenters. The lowest BCUT2D eigenvalue weighted by Gasteiger charge is -2.36. The smallest absolute Gasteiger partial charge is 0.241 e. The number of fused-ring (bicyclic) bond motifs is 1. The summed E-state index contributed by atoms with van der Waals surface area (Å²) in [5.74, 6) is 0.523. The maximum atomic E-state index is 13.0. The van der Waals surface area contributed by atoms with Crippen LogP contribution in [0.25, 0.3) is 0 Å². The molecule has 2 saturated carbocycles. The summed E-state index contributed by atoms with van der Waals surface area (Å²) in [7, 11) is 0. The van der Waals surface area contributed by atoms with Crippen molar-refractivity contribution >= 4 is 17.5 Å². The topological polar surface area (TPSA) is 88.1 Å². The number of nitrogens with one attached hydrogen (secondary N) is 3. The lowest BCUT2D eigenvalue weighted by Crippen LogP contribution is -2.44. The number of hydrogen-bond donors (Lipinski definition) is 3. The van der Waals surface area contributed by atoms with Crippen LogP contribution in [0.15, 0.2) is 12.4 Å². The van der Waals surface area contributed by atoms with Crippen molar-refractivity contribution in [1.29, 1.82) is 0 Å². The Morgan fingerprint density at radius 2 is 2.04 bits per heavy atom. The maximum Gasteiger partial charge on any atom is 0.241 e. The van der Waals surface area contributed by atoms with E-state index in [0.29, 0.717) is 17.6 Å². The first-order chi connectivity index (χ1) is 12.7. The SMILES string of the molecule is O=C(Cn1cc(NC(=O)[C@@]23CCCC[C@H]2CNC3)cn1)NC1CCCC1. The average molecular weight is 359 g/mol. The molecule has 0 aromatic carbocycles. The van der Waals surface area contributed by atoms with Gasteiger partial charge in [0.05, 0.1) is 17.3 Å². The Hall–Kier alpha value is -1.89. The number of anilines is 1. The molecule has 7 heteroatoms. The van der Waals surface area contributed by atoms with Gasteiger partial charge in [-0.1, -0.05) is 25.7 Å². The van der Waals surface area contributed by atoms with Gasteiger partial charge in [-0.2, -0.15) is 5.10 Å². The second kappa shape index (κ2) is 7.39. The van der Waals surface area contributed by atoms with Crippen LogP contribution in [0.4, 0.5) is 5.69 Å². The highest BCUT2D eigenvalue weighted by molar-refractivity contribution is 5.96. The molecule has 2 heterocycles. The molecule has 0 bridgehead atoms. The Morgan fingerprint density at radius 1 is 1.23 bits per heavy atom. The second-order valence-corrected chi connectivity index (χ2v) is 8.16. The van der Waals surface area contributed by atoms with Crippen LogP contribution >= 0.6 is 0 Å². The van der Waals surface area contributed by atoms with E-state index < -0.39 is 0 Å². The summed E-state index contributed by atoms with van der Waals surface area (Å²) in [6.45, 7) is 1.90. The van der Waals surface area contributed by atoms with Gasteiger partial charge in [0.25, 0.3) is 0 Å². The zero-order valence-corrected chi connectivity index (χ0v) is 15.3. The highest BCUT2D eigenvalue weighted by Gasteiger charge is 2.49. The van der Waals surface area contributed by atoms with Crippen LogP contribution in [0.5, 0.6) is 0 Å². The summed E-state index contributed by atoms with van der Waals surface area (Å²) < 4.78 is 1.60. The van der Waals surface area contributed by atoms with Gasteiger partial charge in [-0.25, -0.2) is 0 Å². The molecule has 7 nitrogen and oxygen atoms in total. The normalized spacial score (nSPS) is 28.7. The summed E-state index contributed by atoms with van der Waals surface area (Å²) >= 11 is 0. The second-order valence-electron chi connectivity index (χ2n) is 8.16. The van der Waals surface area contributed by atoms with Gasteiger partial charge in [-0.05, 0) is 38.1 Å². The molecule has 1 aliphatic heterocycles. The monoisotopic (exact) mass is 359 g/mol. The van der Waals surface area contributed by atoms with Crippen molar-refractivity contribution in [3.63, 3.8) is 0 Å². The summed E-state index contributed by atoms with van der Waals surface area (Å²) in [6, 6.07) is 0.314. The molecule has 1 aromatic heterocycles. The van der Waals surface area contributed by atoms with E-state index in [2.05, 4.69) is 21.0 Å². The van der Waals surface area contributed by atoms with E-state index in [1.807, 2.05) is 0 Å². The summed E-state index contributed by atoms with van der Waals surface area (Å²) in [6.07, 6.45) is 12.3. The number of amides is 2. The van der Waals surface area contributed by atoms with Gasteiger partial charge in [0.2, 0.25) is 11.8 Å². The molecular formula is C19H29N5O2. The van der Waals surface area contributed by atoms with Gasteiger partial charge in [0.1, 0.15) is 6.54 Å². The summed E-state index contributed by atoms with van der Waals surface area (Å²) in [4.78, 5) is 25.1. The first-order valence-electron chi connectivity index (χ1n) is 10.00. The molecular weight excluding hydrogens is 330 g/mol. The van der Waals surface area contributed by atoms with Gasteiger partial charge < -0.3 is 16.0 Å². The number of carbonyl (C=O) groups is 2. The van der Waals surface area contributed by atoms with Crippen molar-refractivity contribution in [3.05, 3.63) is 12.4 Å². The van der Waals surface area contributed by atoms with Crippen molar-refractivity contribution in [2.45, 2.75) is 64.0 Å². The lowest BCUT2D eigenvalue weighted by molar-refractivity contribution is -0.128. The van der Waals surface area contributed by atoms with Crippen LogP contribution < -0.4 is 16.0 Å². The van der Waals surface area contributed by atoms with E-state index in [1.165, 1.54) is 19.3 Å². The van der Waals surface area contributed by atoms with E-state index in [4.69, 9.17) is 0 Å². The van der Waals surface area contributed by atoms with E-state index in [1.54, 1.807) is 17.1 Å². The molecule has 3 fully saturated rings. The Bertz CT molecular complexity index is 667. The van der Waals surface area contributed by atoms with Gasteiger partial charge in [0, 0.05) is 18.8 Å². The predicted octanol–water partition coefficient (Wildman–Crippen LogP) is 1.66. The number of rotatable bonds is 5. The van der Waals surface area contributed by atoms with Crippen molar-refractivity contribution in [2.24, 2.45) is 11.3 Å². The fourth-order valence-corrected chi connectivity index (χ4v) is 4.95. The molecule has 26 heavy (non-hydrogen) atoms. The van der Waals surface area contributed by atoms with E-state index in [0.717, 1.165) is 45.2 Å². The number of nitrogens with zero attached hydrogens (tertiary/aromatic N) is 2. The quantitative estimate of drug-likeness (QED) is 0.746. The van der Waals surface area contributed by atoms with Crippen LogP contribution in [-0.2, 0) is 16.1 Å². The van der Waals surface area contributed by atoms with Crippen molar-refractivity contribution < 1.29 is 9.59 Å². The highest BCUT2D eigenvalue weighted by Crippen LogP contribution is 2.44. The molecule has 2 amide bonds. The van der Waals surface area contributed by atoms with Crippen LogP contribution in [0, 0.1) is 11.3 Å². The molecule has 2 aliphatic carbocycles. The van der Waals surface area contributed by atoms with E-state index >= 15 is 0 Å². The average Bonchev–Trinajstić information content (AvgIpc) is 3.35. The van der Waals surface area contributed by atoms with Gasteiger partial charge in [0.15, 0.2) is 0 Å². The van der Waals surface area contributed by atoms with E-state index in [9.17, 15) is 9.59 Å². The fourth-order valence-electron chi connectivity index (χ4n) is 4.95. The Labute approximate surface area is 154 Å². The molecule has 3 N–H and O–H groups in total. The Morgan fingerprint density at radius 3 is 2.88 bits per heavy atom. The zero-order chi connectivity index (χ0) is 18.0. The lowest BCUT2D eigenvalue weighted by atomic mass is 9.67. The minimum atomic E-state index is -0.278. The van der Waals surface area contributed by atoms with Crippen molar-refractivity contribution in [3.8, 4) is 0 Å². The first-order valence-corrected chi connectivity index (χ1v) is 10.00. The highest BCUT2D eigenvalue weighted by atomic mass is 16.2. The Kier molecular flexibility index (Phi) is 4.98. The minimum Gasteiger partial charge on any atom is -0.352 e. The molecule has 1 aromatic rings. The summed E-state index contributed by atoms with van der Waals surface area (Å²) in [5, 5.41) is 13.7. The molecule has 142 valence electrons. The molecule has 0 radical (unpaired) electrons. The Balaban J connectivity index is 1.34. The van der Waals surface area contributed by atoms with Crippen LogP contribution in [0.2, 0.25) is 0 Å². The zero-order valence-electron chi connectivity index (χ0n) is 15.3. The van der Waals surface area contributed by atoms with Crippen LogP contribution in [0.3, 0.4) is 0 Å². The first kappa shape index (κ1) is 17.5. The van der Waals surface area contributed by atoms with Gasteiger partial charge >= 0.3 is 0 Å². The molecule has 3 aliphatic rings. The summed E-state index contributed by atoms with van der Waals surface area (Å²) in [5.41, 5.74) is 0.398. The fraction of sp³-hybridized carbons (Fsp3) is 0.737. The molecule has 4 rings (SSSR count). The number of carbonyl (C=O) groups excluding carboxylic acids is 2. The van der Waals surface area contributed by atoms with Gasteiger partial charge in [-0.3, -0.25) is 14.3 Å². The van der Waals surface area contributed by atoms with Crippen molar-refractivity contribution in [2.75, 3.05) is 18.4 Å². The maximum absolute atomic E-state index is 13.0. The van der Waals surface area contributed by atoms with Gasteiger partial charge in [-0.15, -0.1) is 0 Å². The standard InChI is InChI=1S/C19H29N5O2/c25-17(22-15-6-1-2-7-15)12-24-11-16(10-21-24)23-18(26)19-8-4-3-5-14(19)9-20-13-19/h10-11,14-15,20H,1-9,12-13H2,(H,22,25)(H,23,26)/t14-,19+/m0/s1. The number of aromatic nitrogens is 2. The van der Waals surface area contributed by atoms with E-state index in [-0.39, 0.29) is 23.8 Å². The third-order valence-corrected chi connectivity index (χ3v) is 6.41. The predicted molar refractivity (Wildman–Crippen MR) is 98.5 cm³/mol. The van der Waals surface area contributed by atoms with Crippen molar-refractivity contribution in [1.82, 2.24) is 20.4 Å². The molecule has 0 spiro atoms. The molecule has 1 saturated heterocycles. The third-order valence-electron chi connectivity index (χ3n) is 6.41. The third kappa shape index (κ3) is 3.49.